The molecule has 32 heavy (non-hydrogen) atoms. The summed E-state index contributed by atoms with van der Waals surface area (Å²) in [5.74, 6) is -1.52. The van der Waals surface area contributed by atoms with E-state index in [0.29, 0.717) is 23.5 Å². The Bertz CT molecular complexity index is 1220. The fourth-order valence-corrected chi connectivity index (χ4v) is 4.18. The molecule has 5 nitrogen and oxygen atoms in total. The molecule has 0 spiro atoms. The molecule has 1 aliphatic heterocycles. The van der Waals surface area contributed by atoms with E-state index in [2.05, 4.69) is 0 Å². The number of hydrogen-bond acceptors (Lipinski definition) is 4. The van der Waals surface area contributed by atoms with Crippen molar-refractivity contribution in [2.24, 2.45) is 0 Å². The number of methoxy groups -OCH3 is 2. The Morgan fingerprint density at radius 2 is 1.88 bits per heavy atom. The first kappa shape index (κ1) is 21.3. The van der Waals surface area contributed by atoms with E-state index in [1.165, 1.54) is 31.3 Å². The van der Waals surface area contributed by atoms with Gasteiger partial charge in [0.05, 0.1) is 37.5 Å². The number of fused-ring (bicyclic) bond motifs is 1. The normalized spacial score (nSPS) is 15.0. The minimum Gasteiger partial charge on any atom is -0.497 e. The Kier molecular flexibility index (Phi) is 5.78. The molecule has 3 aromatic rings. The molecule has 1 aliphatic rings. The third-order valence-corrected chi connectivity index (χ3v) is 5.68. The van der Waals surface area contributed by atoms with Gasteiger partial charge in [0.1, 0.15) is 11.5 Å². The van der Waals surface area contributed by atoms with Crippen molar-refractivity contribution in [2.45, 2.75) is 12.5 Å². The molecule has 162 valence electrons. The van der Waals surface area contributed by atoms with Crippen molar-refractivity contribution < 1.29 is 23.0 Å². The molecule has 1 unspecified atom stereocenters. The lowest BCUT2D eigenvalue weighted by Gasteiger charge is -2.39. The van der Waals surface area contributed by atoms with Crippen molar-refractivity contribution in [3.05, 3.63) is 94.0 Å². The molecule has 0 aromatic heterocycles. The maximum Gasteiger partial charge on any atom is 0.255 e. The van der Waals surface area contributed by atoms with Crippen LogP contribution in [0.4, 0.5) is 8.78 Å². The highest BCUT2D eigenvalue weighted by molar-refractivity contribution is 5.97. The van der Waals surface area contributed by atoms with Crippen LogP contribution in [0.1, 0.15) is 38.7 Å². The Labute approximate surface area is 184 Å². The van der Waals surface area contributed by atoms with Gasteiger partial charge in [0, 0.05) is 23.7 Å². The van der Waals surface area contributed by atoms with E-state index in [0.717, 1.165) is 11.6 Å². The Balaban J connectivity index is 1.95. The molecule has 0 saturated heterocycles. The first-order valence-corrected chi connectivity index (χ1v) is 9.99. The predicted octanol–water partition coefficient (Wildman–Crippen LogP) is 4.64. The average molecular weight is 434 g/mol. The zero-order chi connectivity index (χ0) is 22.8. The molecule has 0 radical (unpaired) electrons. The number of nitrogens with zero attached hydrogens (tertiary/aromatic N) is 2. The lowest BCUT2D eigenvalue weighted by molar-refractivity contribution is 0.0688. The molecule has 1 heterocycles. The van der Waals surface area contributed by atoms with Crippen molar-refractivity contribution in [1.82, 2.24) is 4.90 Å². The van der Waals surface area contributed by atoms with Crippen LogP contribution in [0.15, 0.2) is 54.6 Å². The van der Waals surface area contributed by atoms with E-state index in [1.807, 2.05) is 12.1 Å². The van der Waals surface area contributed by atoms with E-state index in [9.17, 15) is 14.4 Å². The average Bonchev–Trinajstić information content (AvgIpc) is 2.83. The zero-order valence-corrected chi connectivity index (χ0v) is 17.6. The van der Waals surface area contributed by atoms with Crippen molar-refractivity contribution in [3.8, 4) is 17.6 Å². The summed E-state index contributed by atoms with van der Waals surface area (Å²) in [6.07, 6.45) is 0.455. The number of nitriles is 1. The first-order valence-electron chi connectivity index (χ1n) is 9.99. The van der Waals surface area contributed by atoms with Crippen molar-refractivity contribution >= 4 is 5.91 Å². The van der Waals surface area contributed by atoms with Gasteiger partial charge in [0.2, 0.25) is 0 Å². The highest BCUT2D eigenvalue weighted by atomic mass is 19.2. The standard InChI is InChI=1S/C25H20F2N2O3/c1-31-17-12-15-10-11-29(25(30)18-7-4-3-6-16(18)14-28)24(22(15)21(13-17)32-2)19-8-5-9-20(26)23(19)27/h3-9,12-13,24H,10-11H2,1-2H3. The molecular formula is C25H20F2N2O3. The van der Waals surface area contributed by atoms with Crippen LogP contribution >= 0.6 is 0 Å². The molecule has 0 fully saturated rings. The van der Waals surface area contributed by atoms with Crippen LogP contribution in [-0.4, -0.2) is 31.6 Å². The highest BCUT2D eigenvalue weighted by Crippen LogP contribution is 2.44. The van der Waals surface area contributed by atoms with Gasteiger partial charge in [-0.2, -0.15) is 5.26 Å². The van der Waals surface area contributed by atoms with Crippen LogP contribution in [0.2, 0.25) is 0 Å². The second kappa shape index (κ2) is 8.67. The number of carbonyl (C=O) groups excluding carboxylic acids is 1. The fourth-order valence-electron chi connectivity index (χ4n) is 4.18. The lowest BCUT2D eigenvalue weighted by atomic mass is 9.86. The van der Waals surface area contributed by atoms with E-state index in [4.69, 9.17) is 9.47 Å². The molecule has 0 bridgehead atoms. The van der Waals surface area contributed by atoms with Gasteiger partial charge in [-0.05, 0) is 36.2 Å². The van der Waals surface area contributed by atoms with Crippen LogP contribution in [0, 0.1) is 23.0 Å². The largest absolute Gasteiger partial charge is 0.497 e. The van der Waals surface area contributed by atoms with E-state index < -0.39 is 23.6 Å². The van der Waals surface area contributed by atoms with Gasteiger partial charge in [0.25, 0.3) is 5.91 Å². The van der Waals surface area contributed by atoms with E-state index >= 15 is 4.39 Å². The molecule has 7 heteroatoms. The smallest absolute Gasteiger partial charge is 0.255 e. The van der Waals surface area contributed by atoms with Gasteiger partial charge in [-0.3, -0.25) is 4.79 Å². The van der Waals surface area contributed by atoms with Crippen molar-refractivity contribution in [1.29, 1.82) is 5.26 Å². The molecule has 3 aromatic carbocycles. The number of halogens is 2. The number of amides is 1. The second-order valence-corrected chi connectivity index (χ2v) is 7.35. The maximum absolute atomic E-state index is 15.0. The van der Waals surface area contributed by atoms with Crippen LogP contribution in [0.3, 0.4) is 0 Å². The number of ether oxygens (including phenoxy) is 2. The van der Waals surface area contributed by atoms with Gasteiger partial charge in [0.15, 0.2) is 11.6 Å². The molecule has 1 atom stereocenters. The Hall–Kier alpha value is -3.92. The molecule has 0 aliphatic carbocycles. The highest BCUT2D eigenvalue weighted by Gasteiger charge is 2.38. The van der Waals surface area contributed by atoms with Gasteiger partial charge in [-0.1, -0.05) is 24.3 Å². The summed E-state index contributed by atoms with van der Waals surface area (Å²) in [6.45, 7) is 0.239. The Morgan fingerprint density at radius 3 is 2.59 bits per heavy atom. The Morgan fingerprint density at radius 1 is 1.09 bits per heavy atom. The van der Waals surface area contributed by atoms with E-state index in [1.54, 1.807) is 30.3 Å². The predicted molar refractivity (Wildman–Crippen MR) is 114 cm³/mol. The van der Waals surface area contributed by atoms with Crippen LogP contribution in [-0.2, 0) is 6.42 Å². The van der Waals surface area contributed by atoms with Crippen LogP contribution < -0.4 is 9.47 Å². The number of hydrogen-bond donors (Lipinski definition) is 0. The minimum absolute atomic E-state index is 0.0113. The summed E-state index contributed by atoms with van der Waals surface area (Å²) < 4.78 is 40.1. The first-order chi connectivity index (χ1) is 15.5. The summed E-state index contributed by atoms with van der Waals surface area (Å²) in [4.78, 5) is 15.0. The summed E-state index contributed by atoms with van der Waals surface area (Å²) in [5, 5.41) is 9.46. The zero-order valence-electron chi connectivity index (χ0n) is 17.6. The van der Waals surface area contributed by atoms with Gasteiger partial charge < -0.3 is 14.4 Å². The van der Waals surface area contributed by atoms with Crippen LogP contribution in [0.5, 0.6) is 11.5 Å². The topological polar surface area (TPSA) is 62.6 Å². The van der Waals surface area contributed by atoms with Gasteiger partial charge >= 0.3 is 0 Å². The quantitative estimate of drug-likeness (QED) is 0.600. The second-order valence-electron chi connectivity index (χ2n) is 7.35. The summed E-state index contributed by atoms with van der Waals surface area (Å²) in [7, 11) is 3.00. The van der Waals surface area contributed by atoms with Crippen molar-refractivity contribution in [3.63, 3.8) is 0 Å². The third kappa shape index (κ3) is 3.54. The van der Waals surface area contributed by atoms with Gasteiger partial charge in [-0.25, -0.2) is 8.78 Å². The number of rotatable bonds is 4. The fraction of sp³-hybridized carbons (Fsp3) is 0.200. The molecule has 0 saturated carbocycles. The monoisotopic (exact) mass is 434 g/mol. The van der Waals surface area contributed by atoms with Gasteiger partial charge in [-0.15, -0.1) is 0 Å². The molecule has 0 N–H and O–H groups in total. The summed E-state index contributed by atoms with van der Waals surface area (Å²) in [5.41, 5.74) is 1.80. The number of benzene rings is 3. The van der Waals surface area contributed by atoms with Crippen molar-refractivity contribution in [2.75, 3.05) is 20.8 Å². The molecule has 4 rings (SSSR count). The molecule has 1 amide bonds. The SMILES string of the molecule is COc1cc2c(c(OC)c1)C(c1cccc(F)c1F)N(C(=O)c1ccccc1C#N)CC2. The van der Waals surface area contributed by atoms with E-state index in [-0.39, 0.29) is 23.2 Å². The third-order valence-electron chi connectivity index (χ3n) is 5.68. The summed E-state index contributed by atoms with van der Waals surface area (Å²) in [6, 6.07) is 14.9. The maximum atomic E-state index is 15.0. The van der Waals surface area contributed by atoms with Crippen LogP contribution in [0.25, 0.3) is 0 Å². The minimum atomic E-state index is -1.03. The summed E-state index contributed by atoms with van der Waals surface area (Å²) >= 11 is 0. The lowest BCUT2D eigenvalue weighted by Crippen LogP contribution is -2.41. The molecular weight excluding hydrogens is 414 g/mol. The number of carbonyl (C=O) groups is 1.